The van der Waals surface area contributed by atoms with E-state index < -0.39 is 11.9 Å². The van der Waals surface area contributed by atoms with Gasteiger partial charge in [0.2, 0.25) is 0 Å². The van der Waals surface area contributed by atoms with Crippen LogP contribution < -0.4 is 9.86 Å². The zero-order valence-corrected chi connectivity index (χ0v) is 14.5. The molecule has 2 aromatic rings. The average Bonchev–Trinajstić information content (AvgIpc) is 2.71. The van der Waals surface area contributed by atoms with E-state index >= 15 is 0 Å². The van der Waals surface area contributed by atoms with Crippen molar-refractivity contribution in [1.29, 1.82) is 0 Å². The van der Waals surface area contributed by atoms with Crippen molar-refractivity contribution in [3.63, 3.8) is 0 Å². The Balaban J connectivity index is 1.90. The standard InChI is InChI=1S/C20H20FNO4/c1-25-19(23)13-26-18-12-11-17(15-9-5-6-10-16(15)18)20(24)22(21)14-7-3-2-4-8-14/h2-4,7-8,11-12H,5-6,9-10,13H2,1H3. The topological polar surface area (TPSA) is 55.8 Å². The highest BCUT2D eigenvalue weighted by Crippen LogP contribution is 2.33. The van der Waals surface area contributed by atoms with Crippen LogP contribution in [0.3, 0.4) is 0 Å². The van der Waals surface area contributed by atoms with Crippen molar-refractivity contribution in [3.8, 4) is 5.75 Å². The number of ether oxygens (including phenoxy) is 2. The number of anilines is 1. The Morgan fingerprint density at radius 3 is 2.42 bits per heavy atom. The summed E-state index contributed by atoms with van der Waals surface area (Å²) in [6, 6.07) is 11.4. The molecule has 1 amide bonds. The molecule has 0 saturated heterocycles. The van der Waals surface area contributed by atoms with Gasteiger partial charge >= 0.3 is 5.97 Å². The monoisotopic (exact) mass is 357 g/mol. The van der Waals surface area contributed by atoms with Gasteiger partial charge in [-0.3, -0.25) is 4.79 Å². The molecule has 0 aromatic heterocycles. The highest BCUT2D eigenvalue weighted by Gasteiger charge is 2.25. The normalized spacial score (nSPS) is 12.8. The van der Waals surface area contributed by atoms with Crippen molar-refractivity contribution in [1.82, 2.24) is 0 Å². The minimum absolute atomic E-state index is 0.166. The predicted octanol–water partition coefficient (Wildman–Crippen LogP) is 3.65. The van der Waals surface area contributed by atoms with Crippen LogP contribution in [0.5, 0.6) is 5.75 Å². The number of para-hydroxylation sites is 1. The number of fused-ring (bicyclic) bond motifs is 1. The lowest BCUT2D eigenvalue weighted by atomic mass is 9.87. The minimum Gasteiger partial charge on any atom is -0.482 e. The summed E-state index contributed by atoms with van der Waals surface area (Å²) >= 11 is 0. The Kier molecular flexibility index (Phi) is 5.51. The third kappa shape index (κ3) is 3.69. The SMILES string of the molecule is COC(=O)COc1ccc(C(=O)N(F)c2ccccc2)c2c1CCCC2. The Hall–Kier alpha value is -2.89. The fraction of sp³-hybridized carbons (Fsp3) is 0.300. The van der Waals surface area contributed by atoms with Crippen LogP contribution in [0, 0.1) is 0 Å². The van der Waals surface area contributed by atoms with Gasteiger partial charge in [-0.15, -0.1) is 5.12 Å². The van der Waals surface area contributed by atoms with Crippen LogP contribution in [-0.2, 0) is 22.4 Å². The molecule has 0 fully saturated rings. The molecule has 1 aliphatic carbocycles. The summed E-state index contributed by atoms with van der Waals surface area (Å²) < 4.78 is 24.7. The van der Waals surface area contributed by atoms with E-state index in [1.54, 1.807) is 30.3 Å². The number of esters is 1. The van der Waals surface area contributed by atoms with E-state index in [0.29, 0.717) is 17.7 Å². The van der Waals surface area contributed by atoms with Crippen LogP contribution >= 0.6 is 0 Å². The fourth-order valence-corrected chi connectivity index (χ4v) is 3.15. The van der Waals surface area contributed by atoms with Gasteiger partial charge in [-0.05, 0) is 61.1 Å². The molecule has 0 N–H and O–H groups in total. The van der Waals surface area contributed by atoms with Gasteiger partial charge in [-0.25, -0.2) is 4.79 Å². The lowest BCUT2D eigenvalue weighted by Gasteiger charge is -2.23. The van der Waals surface area contributed by atoms with Crippen LogP contribution in [0.2, 0.25) is 0 Å². The molecule has 0 saturated carbocycles. The first kappa shape index (κ1) is 17.9. The summed E-state index contributed by atoms with van der Waals surface area (Å²) in [6.07, 6.45) is 3.28. The second kappa shape index (κ2) is 7.99. The van der Waals surface area contributed by atoms with Crippen molar-refractivity contribution in [2.75, 3.05) is 18.8 Å². The molecule has 0 spiro atoms. The van der Waals surface area contributed by atoms with Crippen LogP contribution in [0.4, 0.5) is 10.2 Å². The summed E-state index contributed by atoms with van der Waals surface area (Å²) in [7, 11) is 1.29. The number of carbonyl (C=O) groups excluding carboxylic acids is 2. The van der Waals surface area contributed by atoms with Gasteiger partial charge in [0.1, 0.15) is 5.75 Å². The highest BCUT2D eigenvalue weighted by atomic mass is 19.2. The van der Waals surface area contributed by atoms with E-state index in [0.717, 1.165) is 30.4 Å². The van der Waals surface area contributed by atoms with Crippen LogP contribution in [-0.4, -0.2) is 25.6 Å². The first-order valence-electron chi connectivity index (χ1n) is 8.51. The third-order valence-corrected chi connectivity index (χ3v) is 4.46. The number of methoxy groups -OCH3 is 1. The maximum atomic E-state index is 14.6. The number of halogens is 1. The molecule has 5 nitrogen and oxygen atoms in total. The zero-order valence-electron chi connectivity index (χ0n) is 14.5. The molecule has 0 aliphatic heterocycles. The number of nitrogens with zero attached hydrogens (tertiary/aromatic N) is 1. The zero-order chi connectivity index (χ0) is 18.5. The van der Waals surface area contributed by atoms with Crippen LogP contribution in [0.1, 0.15) is 34.3 Å². The maximum absolute atomic E-state index is 14.6. The van der Waals surface area contributed by atoms with E-state index in [9.17, 15) is 14.1 Å². The van der Waals surface area contributed by atoms with Gasteiger partial charge in [0.05, 0.1) is 12.8 Å². The first-order valence-corrected chi connectivity index (χ1v) is 8.51. The summed E-state index contributed by atoms with van der Waals surface area (Å²) in [5.41, 5.74) is 2.18. The highest BCUT2D eigenvalue weighted by molar-refractivity contribution is 6.06. The summed E-state index contributed by atoms with van der Waals surface area (Å²) in [5.74, 6) is -0.630. The summed E-state index contributed by atoms with van der Waals surface area (Å²) in [6.45, 7) is -0.199. The lowest BCUT2D eigenvalue weighted by molar-refractivity contribution is -0.142. The van der Waals surface area contributed by atoms with Crippen molar-refractivity contribution >= 4 is 17.6 Å². The second-order valence-corrected chi connectivity index (χ2v) is 6.06. The van der Waals surface area contributed by atoms with Crippen molar-refractivity contribution in [2.45, 2.75) is 25.7 Å². The molecule has 3 rings (SSSR count). The molecular formula is C20H20FNO4. The molecule has 6 heteroatoms. The molecule has 26 heavy (non-hydrogen) atoms. The van der Waals surface area contributed by atoms with Crippen LogP contribution in [0.25, 0.3) is 0 Å². The Labute approximate surface area is 151 Å². The molecule has 0 radical (unpaired) electrons. The average molecular weight is 357 g/mol. The number of carbonyl (C=O) groups is 2. The molecule has 136 valence electrons. The second-order valence-electron chi connectivity index (χ2n) is 6.06. The number of amides is 1. The molecule has 1 aliphatic rings. The number of benzene rings is 2. The molecular weight excluding hydrogens is 337 g/mol. The third-order valence-electron chi connectivity index (χ3n) is 4.46. The predicted molar refractivity (Wildman–Crippen MR) is 95.0 cm³/mol. The van der Waals surface area contributed by atoms with Gasteiger partial charge < -0.3 is 9.47 Å². The summed E-state index contributed by atoms with van der Waals surface area (Å²) in [4.78, 5) is 24.0. The quantitative estimate of drug-likeness (QED) is 0.605. The van der Waals surface area contributed by atoms with E-state index in [1.807, 2.05) is 0 Å². The molecule has 0 heterocycles. The van der Waals surface area contributed by atoms with Crippen molar-refractivity contribution in [2.24, 2.45) is 0 Å². The van der Waals surface area contributed by atoms with Crippen molar-refractivity contribution in [3.05, 3.63) is 59.2 Å². The van der Waals surface area contributed by atoms with Gasteiger partial charge in [0, 0.05) is 5.56 Å². The van der Waals surface area contributed by atoms with E-state index in [4.69, 9.17) is 4.74 Å². The van der Waals surface area contributed by atoms with Gasteiger partial charge in [0.15, 0.2) is 6.61 Å². The fourth-order valence-electron chi connectivity index (χ4n) is 3.15. The Morgan fingerprint density at radius 2 is 1.73 bits per heavy atom. The van der Waals surface area contributed by atoms with Crippen molar-refractivity contribution < 1.29 is 23.5 Å². The largest absolute Gasteiger partial charge is 0.482 e. The maximum Gasteiger partial charge on any atom is 0.343 e. The summed E-state index contributed by atoms with van der Waals surface area (Å²) in [5, 5.41) is 0.166. The van der Waals surface area contributed by atoms with Gasteiger partial charge in [-0.2, -0.15) is 0 Å². The Bertz CT molecular complexity index is 807. The van der Waals surface area contributed by atoms with E-state index in [-0.39, 0.29) is 17.4 Å². The molecule has 0 unspecified atom stereocenters. The van der Waals surface area contributed by atoms with Gasteiger partial charge in [-0.1, -0.05) is 22.7 Å². The minimum atomic E-state index is -0.700. The van der Waals surface area contributed by atoms with Gasteiger partial charge in [0.25, 0.3) is 5.91 Å². The number of rotatable bonds is 5. The number of hydrogen-bond donors (Lipinski definition) is 0. The van der Waals surface area contributed by atoms with E-state index in [1.165, 1.54) is 19.2 Å². The van der Waals surface area contributed by atoms with E-state index in [2.05, 4.69) is 4.74 Å². The molecule has 2 aromatic carbocycles. The van der Waals surface area contributed by atoms with Crippen LogP contribution in [0.15, 0.2) is 42.5 Å². The lowest BCUT2D eigenvalue weighted by Crippen LogP contribution is -2.25. The Morgan fingerprint density at radius 1 is 1.04 bits per heavy atom. The molecule has 0 atom stereocenters. The molecule has 0 bridgehead atoms. The smallest absolute Gasteiger partial charge is 0.343 e. The first-order chi connectivity index (χ1) is 12.6. The number of hydrogen-bond acceptors (Lipinski definition) is 4.